The second-order valence-corrected chi connectivity index (χ2v) is 8.83. The first-order valence-electron chi connectivity index (χ1n) is 9.36. The molecule has 0 radical (unpaired) electrons. The van der Waals surface area contributed by atoms with Crippen molar-refractivity contribution in [1.82, 2.24) is 14.9 Å². The van der Waals surface area contributed by atoms with Crippen LogP contribution in [0.5, 0.6) is 0 Å². The van der Waals surface area contributed by atoms with E-state index in [0.29, 0.717) is 21.1 Å². The van der Waals surface area contributed by atoms with Crippen molar-refractivity contribution in [2.24, 2.45) is 0 Å². The van der Waals surface area contributed by atoms with Crippen LogP contribution in [0.15, 0.2) is 46.9 Å². The molecule has 2 amide bonds. The molecule has 0 aliphatic carbocycles. The number of nitrogens with zero attached hydrogens (tertiary/aromatic N) is 2. The van der Waals surface area contributed by atoms with Crippen LogP contribution >= 0.6 is 23.1 Å². The van der Waals surface area contributed by atoms with Crippen molar-refractivity contribution in [2.45, 2.75) is 25.5 Å². The minimum atomic E-state index is -0.433. The third-order valence-corrected chi connectivity index (χ3v) is 6.55. The van der Waals surface area contributed by atoms with Gasteiger partial charge in [-0.3, -0.25) is 19.0 Å². The molecule has 31 heavy (non-hydrogen) atoms. The zero-order valence-electron chi connectivity index (χ0n) is 17.0. The molecule has 1 aromatic carbocycles. The van der Waals surface area contributed by atoms with Gasteiger partial charge in [-0.2, -0.15) is 0 Å². The highest BCUT2D eigenvalue weighted by Gasteiger charge is 2.17. The monoisotopic (exact) mass is 460 g/mol. The van der Waals surface area contributed by atoms with Crippen molar-refractivity contribution in [3.8, 4) is 0 Å². The Morgan fingerprint density at radius 1 is 1.26 bits per heavy atom. The number of carbonyl (C=O) groups is 2. The lowest BCUT2D eigenvalue weighted by Crippen LogP contribution is -2.34. The lowest BCUT2D eigenvalue weighted by atomic mass is 10.2. The molecule has 2 N–H and O–H groups in total. The number of carbonyl (C=O) groups excluding carboxylic acids is 2. The van der Waals surface area contributed by atoms with Gasteiger partial charge in [-0.25, -0.2) is 9.37 Å². The summed E-state index contributed by atoms with van der Waals surface area (Å²) in [7, 11) is 0. The van der Waals surface area contributed by atoms with Crippen LogP contribution in [-0.4, -0.2) is 33.7 Å². The van der Waals surface area contributed by atoms with Crippen molar-refractivity contribution in [3.05, 3.63) is 63.5 Å². The summed E-state index contributed by atoms with van der Waals surface area (Å²) in [6.45, 7) is 7.57. The summed E-state index contributed by atoms with van der Waals surface area (Å²) in [5.41, 5.74) is 1.19. The number of amides is 2. The van der Waals surface area contributed by atoms with E-state index in [9.17, 15) is 18.8 Å². The Balaban J connectivity index is 1.63. The van der Waals surface area contributed by atoms with E-state index in [0.717, 1.165) is 22.2 Å². The fourth-order valence-electron chi connectivity index (χ4n) is 2.81. The molecule has 2 heterocycles. The molecule has 0 bridgehead atoms. The van der Waals surface area contributed by atoms with Crippen LogP contribution in [0.1, 0.15) is 10.4 Å². The molecular formula is C21H21FN4O3S2. The van der Waals surface area contributed by atoms with Crippen LogP contribution < -0.4 is 16.2 Å². The number of aromatic nitrogens is 2. The molecule has 3 aromatic rings. The summed E-state index contributed by atoms with van der Waals surface area (Å²) in [5, 5.41) is 6.10. The van der Waals surface area contributed by atoms with Gasteiger partial charge in [-0.1, -0.05) is 17.8 Å². The van der Waals surface area contributed by atoms with Crippen LogP contribution in [0.2, 0.25) is 0 Å². The van der Waals surface area contributed by atoms with Gasteiger partial charge in [0.1, 0.15) is 10.6 Å². The number of thiophene rings is 1. The molecule has 0 aliphatic rings. The molecule has 2 aromatic heterocycles. The largest absolute Gasteiger partial charge is 0.346 e. The molecule has 0 saturated heterocycles. The number of hydrogen-bond acceptors (Lipinski definition) is 6. The predicted octanol–water partition coefficient (Wildman–Crippen LogP) is 3.25. The number of nitrogens with one attached hydrogen (secondary N) is 2. The molecule has 0 spiro atoms. The molecule has 0 unspecified atom stereocenters. The molecule has 0 saturated carbocycles. The standard InChI is InChI=1S/C21H21FN4O3S2/c1-4-9-26-20(29)18-12(2)13(3)31-19(18)25-21(26)30-11-17(28)23-10-16(27)24-15-7-5-14(22)6-8-15/h4-8H,1,9-11H2,2-3H3,(H,23,28)(H,24,27). The number of fused-ring (bicyclic) bond motifs is 1. The highest BCUT2D eigenvalue weighted by Crippen LogP contribution is 2.28. The number of allylic oxidation sites excluding steroid dienone is 1. The van der Waals surface area contributed by atoms with Crippen LogP contribution in [0.4, 0.5) is 10.1 Å². The van der Waals surface area contributed by atoms with Gasteiger partial charge in [0.2, 0.25) is 11.8 Å². The van der Waals surface area contributed by atoms with Gasteiger partial charge < -0.3 is 10.6 Å². The fourth-order valence-corrected chi connectivity index (χ4v) is 4.72. The summed E-state index contributed by atoms with van der Waals surface area (Å²) in [6, 6.07) is 5.32. The number of benzene rings is 1. The SMILES string of the molecule is C=CCn1c(SCC(=O)NCC(=O)Nc2ccc(F)cc2)nc2sc(C)c(C)c2c1=O. The third kappa shape index (κ3) is 5.39. The average Bonchev–Trinajstić information content (AvgIpc) is 3.02. The van der Waals surface area contributed by atoms with E-state index < -0.39 is 11.7 Å². The normalized spacial score (nSPS) is 10.8. The van der Waals surface area contributed by atoms with Gasteiger partial charge >= 0.3 is 0 Å². The highest BCUT2D eigenvalue weighted by atomic mass is 32.2. The lowest BCUT2D eigenvalue weighted by molar-refractivity contribution is -0.122. The Labute approximate surface area is 186 Å². The van der Waals surface area contributed by atoms with Crippen molar-refractivity contribution < 1.29 is 14.0 Å². The highest BCUT2D eigenvalue weighted by molar-refractivity contribution is 7.99. The van der Waals surface area contributed by atoms with Gasteiger partial charge in [0, 0.05) is 17.1 Å². The number of thioether (sulfide) groups is 1. The van der Waals surface area contributed by atoms with Gasteiger partial charge in [0.25, 0.3) is 5.56 Å². The molecule has 162 valence electrons. The van der Waals surface area contributed by atoms with Crippen LogP contribution in [0, 0.1) is 19.7 Å². The molecular weight excluding hydrogens is 439 g/mol. The van der Waals surface area contributed by atoms with Gasteiger partial charge in [0.05, 0.1) is 17.7 Å². The van der Waals surface area contributed by atoms with Crippen molar-refractivity contribution in [3.63, 3.8) is 0 Å². The van der Waals surface area contributed by atoms with Crippen LogP contribution in [0.25, 0.3) is 10.2 Å². The quantitative estimate of drug-likeness (QED) is 0.306. The first-order valence-corrected chi connectivity index (χ1v) is 11.2. The first kappa shape index (κ1) is 22.7. The fraction of sp³-hybridized carbons (Fsp3) is 0.238. The maximum Gasteiger partial charge on any atom is 0.263 e. The average molecular weight is 461 g/mol. The van der Waals surface area contributed by atoms with Crippen molar-refractivity contribution in [1.29, 1.82) is 0 Å². The molecule has 0 atom stereocenters. The lowest BCUT2D eigenvalue weighted by Gasteiger charge is -2.10. The van der Waals surface area contributed by atoms with E-state index >= 15 is 0 Å². The minimum Gasteiger partial charge on any atom is -0.346 e. The smallest absolute Gasteiger partial charge is 0.263 e. The van der Waals surface area contributed by atoms with E-state index in [2.05, 4.69) is 22.2 Å². The summed E-state index contributed by atoms with van der Waals surface area (Å²) in [5.74, 6) is -1.23. The Morgan fingerprint density at radius 2 is 1.97 bits per heavy atom. The Kier molecular flexibility index (Phi) is 7.24. The second-order valence-electron chi connectivity index (χ2n) is 6.68. The number of halogens is 1. The summed E-state index contributed by atoms with van der Waals surface area (Å²) >= 11 is 2.57. The van der Waals surface area contributed by atoms with Gasteiger partial charge in [0.15, 0.2) is 5.16 Å². The zero-order chi connectivity index (χ0) is 22.5. The molecule has 0 fully saturated rings. The predicted molar refractivity (Wildman–Crippen MR) is 122 cm³/mol. The first-order chi connectivity index (χ1) is 14.8. The van der Waals surface area contributed by atoms with E-state index in [1.165, 1.54) is 40.2 Å². The summed E-state index contributed by atoms with van der Waals surface area (Å²) in [4.78, 5) is 43.3. The van der Waals surface area contributed by atoms with Crippen molar-refractivity contribution in [2.75, 3.05) is 17.6 Å². The van der Waals surface area contributed by atoms with Gasteiger partial charge in [-0.05, 0) is 43.7 Å². The number of rotatable bonds is 8. The maximum atomic E-state index is 12.9. The Bertz CT molecular complexity index is 1200. The Morgan fingerprint density at radius 3 is 2.65 bits per heavy atom. The van der Waals surface area contributed by atoms with E-state index in [4.69, 9.17) is 0 Å². The number of aryl methyl sites for hydroxylation is 2. The second kappa shape index (κ2) is 9.88. The Hall–Kier alpha value is -2.98. The van der Waals surface area contributed by atoms with E-state index in [1.807, 2.05) is 13.8 Å². The zero-order valence-corrected chi connectivity index (χ0v) is 18.7. The van der Waals surface area contributed by atoms with Crippen LogP contribution in [-0.2, 0) is 16.1 Å². The van der Waals surface area contributed by atoms with Crippen molar-refractivity contribution >= 4 is 50.8 Å². The number of hydrogen-bond donors (Lipinski definition) is 2. The summed E-state index contributed by atoms with van der Waals surface area (Å²) in [6.07, 6.45) is 1.60. The maximum absolute atomic E-state index is 12.9. The van der Waals surface area contributed by atoms with E-state index in [-0.39, 0.29) is 30.3 Å². The minimum absolute atomic E-state index is 0.0116. The molecule has 10 heteroatoms. The topological polar surface area (TPSA) is 93.1 Å². The molecule has 3 rings (SSSR count). The molecule has 7 nitrogen and oxygen atoms in total. The van der Waals surface area contributed by atoms with Crippen LogP contribution in [0.3, 0.4) is 0 Å². The third-order valence-electron chi connectivity index (χ3n) is 4.47. The summed E-state index contributed by atoms with van der Waals surface area (Å²) < 4.78 is 14.4. The number of anilines is 1. The van der Waals surface area contributed by atoms with Gasteiger partial charge in [-0.15, -0.1) is 17.9 Å². The van der Waals surface area contributed by atoms with E-state index in [1.54, 1.807) is 6.08 Å². The molecule has 0 aliphatic heterocycles.